The Bertz CT molecular complexity index is 219. The Morgan fingerprint density at radius 1 is 1.18 bits per heavy atom. The van der Waals surface area contributed by atoms with Gasteiger partial charge in [0, 0.05) is 18.6 Å². The monoisotopic (exact) mass is 238 g/mol. The van der Waals surface area contributed by atoms with Gasteiger partial charge in [-0.2, -0.15) is 0 Å². The molecule has 1 aliphatic carbocycles. The fourth-order valence-corrected chi connectivity index (χ4v) is 3.72. The van der Waals surface area contributed by atoms with Gasteiger partial charge in [0.05, 0.1) is 0 Å². The third kappa shape index (κ3) is 3.45. The molecule has 2 nitrogen and oxygen atoms in total. The quantitative estimate of drug-likeness (QED) is 0.819. The molecule has 2 aliphatic rings. The molecule has 1 saturated carbocycles. The Hall–Kier alpha value is -0.0800. The SMILES string of the molecule is CCC1CCC(N2CCCC(C(C)N)C2)CC1. The van der Waals surface area contributed by atoms with Crippen molar-refractivity contribution < 1.29 is 0 Å². The predicted octanol–water partition coefficient (Wildman–Crippen LogP) is 3.01. The predicted molar refractivity (Wildman–Crippen MR) is 74.0 cm³/mol. The summed E-state index contributed by atoms with van der Waals surface area (Å²) in [6.07, 6.45) is 9.88. The van der Waals surface area contributed by atoms with Crippen LogP contribution in [0.25, 0.3) is 0 Å². The van der Waals surface area contributed by atoms with Crippen LogP contribution in [0.2, 0.25) is 0 Å². The third-order valence-electron chi connectivity index (χ3n) is 5.14. The van der Waals surface area contributed by atoms with Gasteiger partial charge in [0.1, 0.15) is 0 Å². The molecule has 2 rings (SSSR count). The van der Waals surface area contributed by atoms with Gasteiger partial charge >= 0.3 is 0 Å². The van der Waals surface area contributed by atoms with Gasteiger partial charge in [-0.1, -0.05) is 13.3 Å². The van der Waals surface area contributed by atoms with E-state index >= 15 is 0 Å². The molecular formula is C15H30N2. The minimum Gasteiger partial charge on any atom is -0.328 e. The largest absolute Gasteiger partial charge is 0.328 e. The van der Waals surface area contributed by atoms with Gasteiger partial charge in [-0.25, -0.2) is 0 Å². The Morgan fingerprint density at radius 3 is 2.47 bits per heavy atom. The topological polar surface area (TPSA) is 29.3 Å². The molecule has 2 fully saturated rings. The van der Waals surface area contributed by atoms with Gasteiger partial charge in [0.25, 0.3) is 0 Å². The van der Waals surface area contributed by atoms with E-state index in [0.29, 0.717) is 6.04 Å². The lowest BCUT2D eigenvalue weighted by Crippen LogP contribution is -2.47. The zero-order chi connectivity index (χ0) is 12.3. The Morgan fingerprint density at radius 2 is 1.88 bits per heavy atom. The molecule has 1 aliphatic heterocycles. The molecule has 2 heteroatoms. The van der Waals surface area contributed by atoms with E-state index in [1.807, 2.05) is 0 Å². The lowest BCUT2D eigenvalue weighted by Gasteiger charge is -2.42. The van der Waals surface area contributed by atoms with Crippen LogP contribution in [0, 0.1) is 11.8 Å². The molecular weight excluding hydrogens is 208 g/mol. The van der Waals surface area contributed by atoms with Crippen molar-refractivity contribution in [3.05, 3.63) is 0 Å². The summed E-state index contributed by atoms with van der Waals surface area (Å²) in [5.74, 6) is 1.76. The van der Waals surface area contributed by atoms with Crippen LogP contribution in [-0.4, -0.2) is 30.1 Å². The van der Waals surface area contributed by atoms with Crippen molar-refractivity contribution in [1.29, 1.82) is 0 Å². The highest BCUT2D eigenvalue weighted by Crippen LogP contribution is 2.32. The summed E-state index contributed by atoms with van der Waals surface area (Å²) < 4.78 is 0. The van der Waals surface area contributed by atoms with Crippen LogP contribution in [0.4, 0.5) is 0 Å². The van der Waals surface area contributed by atoms with Gasteiger partial charge in [0.15, 0.2) is 0 Å². The van der Waals surface area contributed by atoms with Crippen LogP contribution in [0.5, 0.6) is 0 Å². The summed E-state index contributed by atoms with van der Waals surface area (Å²) >= 11 is 0. The second-order valence-corrected chi connectivity index (χ2v) is 6.34. The highest BCUT2D eigenvalue weighted by Gasteiger charge is 2.30. The average molecular weight is 238 g/mol. The van der Waals surface area contributed by atoms with Gasteiger partial charge in [-0.3, -0.25) is 0 Å². The first-order chi connectivity index (χ1) is 8.20. The van der Waals surface area contributed by atoms with Crippen molar-refractivity contribution in [3.63, 3.8) is 0 Å². The van der Waals surface area contributed by atoms with Gasteiger partial charge in [-0.15, -0.1) is 0 Å². The molecule has 100 valence electrons. The van der Waals surface area contributed by atoms with Gasteiger partial charge < -0.3 is 10.6 Å². The van der Waals surface area contributed by atoms with Gasteiger partial charge in [-0.05, 0) is 63.8 Å². The lowest BCUT2D eigenvalue weighted by molar-refractivity contribution is 0.0803. The number of nitrogens with two attached hydrogens (primary N) is 1. The Kier molecular flexibility index (Phi) is 4.87. The zero-order valence-electron chi connectivity index (χ0n) is 11.7. The molecule has 0 amide bonds. The van der Waals surface area contributed by atoms with E-state index in [0.717, 1.165) is 17.9 Å². The Balaban J connectivity index is 1.82. The summed E-state index contributed by atoms with van der Waals surface area (Å²) in [4.78, 5) is 2.75. The molecule has 2 atom stereocenters. The van der Waals surface area contributed by atoms with Crippen molar-refractivity contribution in [2.75, 3.05) is 13.1 Å². The molecule has 0 aromatic heterocycles. The standard InChI is InChI=1S/C15H30N2/c1-3-13-6-8-15(9-7-13)17-10-4-5-14(11-17)12(2)16/h12-15H,3-11,16H2,1-2H3. The first-order valence-corrected chi connectivity index (χ1v) is 7.70. The van der Waals surface area contributed by atoms with Crippen molar-refractivity contribution in [2.24, 2.45) is 17.6 Å². The molecule has 17 heavy (non-hydrogen) atoms. The lowest BCUT2D eigenvalue weighted by atomic mass is 9.82. The number of piperidine rings is 1. The fraction of sp³-hybridized carbons (Fsp3) is 1.00. The van der Waals surface area contributed by atoms with E-state index in [9.17, 15) is 0 Å². The van der Waals surface area contributed by atoms with E-state index in [1.54, 1.807) is 0 Å². The second-order valence-electron chi connectivity index (χ2n) is 6.34. The summed E-state index contributed by atoms with van der Waals surface area (Å²) in [7, 11) is 0. The summed E-state index contributed by atoms with van der Waals surface area (Å²) in [5.41, 5.74) is 6.08. The van der Waals surface area contributed by atoms with E-state index < -0.39 is 0 Å². The van der Waals surface area contributed by atoms with Crippen molar-refractivity contribution in [2.45, 2.75) is 70.9 Å². The normalized spacial score (nSPS) is 37.9. The van der Waals surface area contributed by atoms with E-state index in [4.69, 9.17) is 5.73 Å². The fourth-order valence-electron chi connectivity index (χ4n) is 3.72. The number of hydrogen-bond donors (Lipinski definition) is 1. The highest BCUT2D eigenvalue weighted by atomic mass is 15.2. The summed E-state index contributed by atoms with van der Waals surface area (Å²) in [6.45, 7) is 7.12. The molecule has 0 spiro atoms. The molecule has 0 aromatic rings. The van der Waals surface area contributed by atoms with Crippen LogP contribution < -0.4 is 5.73 Å². The third-order valence-corrected chi connectivity index (χ3v) is 5.14. The average Bonchev–Trinajstić information content (AvgIpc) is 2.39. The molecule has 0 radical (unpaired) electrons. The van der Waals surface area contributed by atoms with E-state index in [-0.39, 0.29) is 0 Å². The van der Waals surface area contributed by atoms with E-state index in [2.05, 4.69) is 18.7 Å². The molecule has 2 unspecified atom stereocenters. The number of nitrogens with zero attached hydrogens (tertiary/aromatic N) is 1. The summed E-state index contributed by atoms with van der Waals surface area (Å²) in [5, 5.41) is 0. The maximum absolute atomic E-state index is 6.08. The minimum atomic E-state index is 0.379. The first kappa shape index (κ1) is 13.4. The molecule has 0 bridgehead atoms. The maximum Gasteiger partial charge on any atom is 0.00955 e. The number of likely N-dealkylation sites (tertiary alicyclic amines) is 1. The first-order valence-electron chi connectivity index (χ1n) is 7.70. The molecule has 2 N–H and O–H groups in total. The van der Waals surface area contributed by atoms with Crippen LogP contribution in [0.15, 0.2) is 0 Å². The van der Waals surface area contributed by atoms with Crippen LogP contribution in [0.3, 0.4) is 0 Å². The Labute approximate surface area is 107 Å². The van der Waals surface area contributed by atoms with Crippen molar-refractivity contribution in [3.8, 4) is 0 Å². The van der Waals surface area contributed by atoms with E-state index in [1.165, 1.54) is 58.0 Å². The second kappa shape index (κ2) is 6.19. The zero-order valence-corrected chi connectivity index (χ0v) is 11.7. The van der Waals surface area contributed by atoms with Crippen LogP contribution >= 0.6 is 0 Å². The smallest absolute Gasteiger partial charge is 0.00955 e. The van der Waals surface area contributed by atoms with Gasteiger partial charge in [0.2, 0.25) is 0 Å². The van der Waals surface area contributed by atoms with Crippen LogP contribution in [-0.2, 0) is 0 Å². The molecule has 0 aromatic carbocycles. The number of hydrogen-bond acceptors (Lipinski definition) is 2. The molecule has 1 saturated heterocycles. The number of rotatable bonds is 3. The highest BCUT2D eigenvalue weighted by molar-refractivity contribution is 4.85. The van der Waals surface area contributed by atoms with Crippen molar-refractivity contribution in [1.82, 2.24) is 4.90 Å². The molecule has 1 heterocycles. The minimum absolute atomic E-state index is 0.379. The van der Waals surface area contributed by atoms with Crippen LogP contribution in [0.1, 0.15) is 58.8 Å². The summed E-state index contributed by atoms with van der Waals surface area (Å²) in [6, 6.07) is 1.25. The maximum atomic E-state index is 6.08. The van der Waals surface area contributed by atoms with Crippen molar-refractivity contribution >= 4 is 0 Å².